The number of ether oxygens (including phenoxy) is 1. The molecular weight excluding hydrogens is 196 g/mol. The molecule has 5 heteroatoms. The minimum atomic E-state index is -0.654. The molecule has 2 heterocycles. The second kappa shape index (κ2) is 4.27. The molecule has 0 saturated heterocycles. The van der Waals surface area contributed by atoms with Crippen molar-refractivity contribution in [1.82, 2.24) is 10.0 Å². The van der Waals surface area contributed by atoms with Crippen LogP contribution in [-0.2, 0) is 22.7 Å². The molecular formula is C10H12N2O3. The van der Waals surface area contributed by atoms with Gasteiger partial charge in [0.2, 0.25) is 0 Å². The Balaban J connectivity index is 1.93. The molecule has 1 aromatic heterocycles. The first kappa shape index (κ1) is 9.92. The Morgan fingerprint density at radius 2 is 2.33 bits per heavy atom. The summed E-state index contributed by atoms with van der Waals surface area (Å²) in [5.74, 6) is 0. The van der Waals surface area contributed by atoms with Gasteiger partial charge in [-0.1, -0.05) is 0 Å². The Hall–Kier alpha value is -1.62. The maximum absolute atomic E-state index is 11.0. The molecule has 0 radical (unpaired) electrons. The van der Waals surface area contributed by atoms with Gasteiger partial charge >= 0.3 is 6.16 Å². The fourth-order valence-corrected chi connectivity index (χ4v) is 1.50. The van der Waals surface area contributed by atoms with Crippen LogP contribution < -0.4 is 0 Å². The van der Waals surface area contributed by atoms with Crippen LogP contribution in [0.15, 0.2) is 18.5 Å². The minimum absolute atomic E-state index is 0.321. The van der Waals surface area contributed by atoms with Crippen molar-refractivity contribution < 1.29 is 14.4 Å². The summed E-state index contributed by atoms with van der Waals surface area (Å²) >= 11 is 0. The third kappa shape index (κ3) is 2.24. The van der Waals surface area contributed by atoms with E-state index in [1.165, 1.54) is 0 Å². The van der Waals surface area contributed by atoms with E-state index in [1.54, 1.807) is 24.4 Å². The minimum Gasteiger partial charge on any atom is -0.433 e. The highest BCUT2D eigenvalue weighted by Crippen LogP contribution is 2.21. The van der Waals surface area contributed by atoms with Crippen molar-refractivity contribution in [2.75, 3.05) is 6.61 Å². The van der Waals surface area contributed by atoms with E-state index >= 15 is 0 Å². The molecule has 0 spiro atoms. The monoisotopic (exact) mass is 208 g/mol. The number of aromatic nitrogens is 1. The Morgan fingerprint density at radius 3 is 3.07 bits per heavy atom. The highest BCUT2D eigenvalue weighted by molar-refractivity contribution is 5.59. The van der Waals surface area contributed by atoms with Crippen LogP contribution in [0.1, 0.15) is 18.1 Å². The number of pyridine rings is 1. The normalized spacial score (nSPS) is 14.7. The lowest BCUT2D eigenvalue weighted by Gasteiger charge is -2.13. The molecule has 0 unspecified atom stereocenters. The van der Waals surface area contributed by atoms with Crippen LogP contribution in [-0.4, -0.2) is 22.8 Å². The molecule has 1 aliphatic heterocycles. The van der Waals surface area contributed by atoms with Gasteiger partial charge in [0.25, 0.3) is 0 Å². The predicted octanol–water partition coefficient (Wildman–Crippen LogP) is 1.49. The average Bonchev–Trinajstić information content (AvgIpc) is 2.59. The SMILES string of the molecule is CCOC(=O)ON1Cc2ccncc2C1. The summed E-state index contributed by atoms with van der Waals surface area (Å²) in [6, 6.07) is 1.92. The molecule has 5 nitrogen and oxygen atoms in total. The number of hydroxylamine groups is 2. The van der Waals surface area contributed by atoms with Gasteiger partial charge in [-0.25, -0.2) is 4.79 Å². The maximum atomic E-state index is 11.0. The first-order valence-corrected chi connectivity index (χ1v) is 4.81. The van der Waals surface area contributed by atoms with Gasteiger partial charge in [-0.2, -0.15) is 0 Å². The summed E-state index contributed by atoms with van der Waals surface area (Å²) in [4.78, 5) is 20.0. The fraction of sp³-hybridized carbons (Fsp3) is 0.400. The van der Waals surface area contributed by atoms with Crippen molar-refractivity contribution in [3.63, 3.8) is 0 Å². The molecule has 0 amide bonds. The van der Waals surface area contributed by atoms with E-state index in [0.29, 0.717) is 19.7 Å². The summed E-state index contributed by atoms with van der Waals surface area (Å²) < 4.78 is 4.68. The Bertz CT molecular complexity index is 342. The zero-order valence-electron chi connectivity index (χ0n) is 8.47. The van der Waals surface area contributed by atoms with E-state index in [0.717, 1.165) is 11.1 Å². The molecule has 80 valence electrons. The largest absolute Gasteiger partial charge is 0.527 e. The summed E-state index contributed by atoms with van der Waals surface area (Å²) in [6.07, 6.45) is 2.86. The predicted molar refractivity (Wildman–Crippen MR) is 51.6 cm³/mol. The van der Waals surface area contributed by atoms with Crippen LogP contribution in [0.2, 0.25) is 0 Å². The number of hydrogen-bond donors (Lipinski definition) is 0. The Kier molecular flexibility index (Phi) is 2.82. The molecule has 1 aliphatic rings. The lowest BCUT2D eigenvalue weighted by atomic mass is 10.2. The van der Waals surface area contributed by atoms with Gasteiger partial charge in [0.15, 0.2) is 0 Å². The summed E-state index contributed by atoms with van der Waals surface area (Å²) in [7, 11) is 0. The number of nitrogens with zero attached hydrogens (tertiary/aromatic N) is 2. The molecule has 0 aliphatic carbocycles. The lowest BCUT2D eigenvalue weighted by molar-refractivity contribution is -0.132. The average molecular weight is 208 g/mol. The van der Waals surface area contributed by atoms with Gasteiger partial charge in [0.1, 0.15) is 0 Å². The van der Waals surface area contributed by atoms with E-state index in [4.69, 9.17) is 4.84 Å². The van der Waals surface area contributed by atoms with Gasteiger partial charge in [-0.05, 0) is 24.1 Å². The highest BCUT2D eigenvalue weighted by Gasteiger charge is 2.22. The first-order valence-electron chi connectivity index (χ1n) is 4.81. The smallest absolute Gasteiger partial charge is 0.433 e. The molecule has 0 aromatic carbocycles. The third-order valence-corrected chi connectivity index (χ3v) is 2.16. The number of hydrogen-bond acceptors (Lipinski definition) is 5. The zero-order chi connectivity index (χ0) is 10.7. The Labute approximate surface area is 87.6 Å². The van der Waals surface area contributed by atoms with Crippen molar-refractivity contribution in [2.24, 2.45) is 0 Å². The van der Waals surface area contributed by atoms with Crippen LogP contribution in [0.4, 0.5) is 4.79 Å². The molecule has 0 bridgehead atoms. The van der Waals surface area contributed by atoms with Gasteiger partial charge in [-0.15, -0.1) is 5.06 Å². The van der Waals surface area contributed by atoms with Crippen molar-refractivity contribution in [3.8, 4) is 0 Å². The fourth-order valence-electron chi connectivity index (χ4n) is 1.50. The van der Waals surface area contributed by atoms with Crippen LogP contribution >= 0.6 is 0 Å². The molecule has 0 N–H and O–H groups in total. The van der Waals surface area contributed by atoms with Crippen LogP contribution in [0.25, 0.3) is 0 Å². The van der Waals surface area contributed by atoms with E-state index in [9.17, 15) is 4.79 Å². The number of carbonyl (C=O) groups excluding carboxylic acids is 1. The van der Waals surface area contributed by atoms with Gasteiger partial charge in [-0.3, -0.25) is 4.98 Å². The van der Waals surface area contributed by atoms with Crippen LogP contribution in [0.3, 0.4) is 0 Å². The molecule has 0 atom stereocenters. The summed E-state index contributed by atoms with van der Waals surface area (Å²) in [6.45, 7) is 3.23. The van der Waals surface area contributed by atoms with E-state index in [2.05, 4.69) is 9.72 Å². The van der Waals surface area contributed by atoms with E-state index in [1.807, 2.05) is 6.07 Å². The number of carbonyl (C=O) groups is 1. The van der Waals surface area contributed by atoms with Crippen molar-refractivity contribution >= 4 is 6.16 Å². The molecule has 2 rings (SSSR count). The topological polar surface area (TPSA) is 51.7 Å². The van der Waals surface area contributed by atoms with Gasteiger partial charge < -0.3 is 9.57 Å². The number of fused-ring (bicyclic) bond motifs is 1. The summed E-state index contributed by atoms with van der Waals surface area (Å²) in [5.41, 5.74) is 2.22. The van der Waals surface area contributed by atoms with Crippen molar-refractivity contribution in [3.05, 3.63) is 29.6 Å². The van der Waals surface area contributed by atoms with Crippen LogP contribution in [0.5, 0.6) is 0 Å². The molecule has 1 aromatic rings. The number of rotatable bonds is 2. The highest BCUT2D eigenvalue weighted by atomic mass is 16.8. The van der Waals surface area contributed by atoms with Crippen LogP contribution in [0, 0.1) is 0 Å². The zero-order valence-corrected chi connectivity index (χ0v) is 8.47. The molecule has 15 heavy (non-hydrogen) atoms. The first-order chi connectivity index (χ1) is 7.29. The van der Waals surface area contributed by atoms with Crippen molar-refractivity contribution in [1.29, 1.82) is 0 Å². The summed E-state index contributed by atoms with van der Waals surface area (Å²) in [5, 5.41) is 1.56. The van der Waals surface area contributed by atoms with Gasteiger partial charge in [0.05, 0.1) is 19.7 Å². The maximum Gasteiger partial charge on any atom is 0.527 e. The second-order valence-corrected chi connectivity index (χ2v) is 3.22. The molecule has 0 fully saturated rings. The Morgan fingerprint density at radius 1 is 1.53 bits per heavy atom. The van der Waals surface area contributed by atoms with E-state index in [-0.39, 0.29) is 0 Å². The quantitative estimate of drug-likeness (QED) is 0.689. The lowest BCUT2D eigenvalue weighted by Crippen LogP contribution is -2.22. The van der Waals surface area contributed by atoms with E-state index < -0.39 is 6.16 Å². The van der Waals surface area contributed by atoms with Gasteiger partial charge in [0, 0.05) is 12.4 Å². The van der Waals surface area contributed by atoms with Crippen molar-refractivity contribution in [2.45, 2.75) is 20.0 Å². The second-order valence-electron chi connectivity index (χ2n) is 3.22. The third-order valence-electron chi connectivity index (χ3n) is 2.16. The standard InChI is InChI=1S/C10H12N2O3/c1-2-14-10(13)15-12-6-8-3-4-11-5-9(8)7-12/h3-5H,2,6-7H2,1H3. The molecule has 0 saturated carbocycles.